The Morgan fingerprint density at radius 3 is 2.67 bits per heavy atom. The summed E-state index contributed by atoms with van der Waals surface area (Å²) < 4.78 is 11.6. The van der Waals surface area contributed by atoms with E-state index in [1.165, 1.54) is 0 Å². The van der Waals surface area contributed by atoms with Gasteiger partial charge in [0.15, 0.2) is 0 Å². The number of carbonyl (C=O) groups is 3. The molecule has 3 aliphatic rings. The van der Waals surface area contributed by atoms with Crippen molar-refractivity contribution in [3.63, 3.8) is 0 Å². The first-order valence-electron chi connectivity index (χ1n) is 13.8. The third kappa shape index (κ3) is 5.01. The summed E-state index contributed by atoms with van der Waals surface area (Å²) in [5.41, 5.74) is 2.16. The minimum atomic E-state index is -1.13. The molecule has 0 bridgehead atoms. The molecule has 1 saturated carbocycles. The van der Waals surface area contributed by atoms with Gasteiger partial charge in [0, 0.05) is 42.2 Å². The van der Waals surface area contributed by atoms with E-state index in [0.29, 0.717) is 61.8 Å². The lowest BCUT2D eigenvalue weighted by Gasteiger charge is -2.45. The fraction of sp³-hybridized carbons (Fsp3) is 0.586. The van der Waals surface area contributed by atoms with Gasteiger partial charge in [-0.15, -0.1) is 0 Å². The van der Waals surface area contributed by atoms with E-state index < -0.39 is 23.3 Å². The van der Waals surface area contributed by atoms with Crippen molar-refractivity contribution < 1.29 is 28.8 Å². The van der Waals surface area contributed by atoms with E-state index >= 15 is 0 Å². The Labute approximate surface area is 233 Å². The van der Waals surface area contributed by atoms with Crippen LogP contribution in [0.5, 0.6) is 5.75 Å². The number of aliphatic carboxylic acids is 1. The second kappa shape index (κ2) is 10.8. The summed E-state index contributed by atoms with van der Waals surface area (Å²) >= 11 is 6.69. The lowest BCUT2D eigenvalue weighted by atomic mass is 9.66. The maximum atomic E-state index is 14.2. The van der Waals surface area contributed by atoms with Gasteiger partial charge in [0.05, 0.1) is 17.4 Å². The normalized spacial score (nSPS) is 25.1. The first-order valence-corrected chi connectivity index (χ1v) is 14.2. The van der Waals surface area contributed by atoms with Gasteiger partial charge in [0.1, 0.15) is 23.8 Å². The third-order valence-electron chi connectivity index (χ3n) is 9.03. The molecular formula is C29H36ClN3O6. The summed E-state index contributed by atoms with van der Waals surface area (Å²) in [6.07, 6.45) is 4.37. The predicted octanol–water partition coefficient (Wildman–Crippen LogP) is 4.85. The average molecular weight is 558 g/mol. The number of hydrogen-bond acceptors (Lipinski definition) is 6. The number of hydrogen-bond donors (Lipinski definition) is 1. The Balaban J connectivity index is 1.53. The van der Waals surface area contributed by atoms with Crippen LogP contribution in [0.3, 0.4) is 0 Å². The molecule has 3 heterocycles. The molecule has 1 aromatic heterocycles. The molecule has 1 aromatic carbocycles. The number of aromatic nitrogens is 1. The topological polar surface area (TPSA) is 113 Å². The summed E-state index contributed by atoms with van der Waals surface area (Å²) in [7, 11) is 0. The van der Waals surface area contributed by atoms with Crippen LogP contribution >= 0.6 is 11.6 Å². The second-order valence-electron chi connectivity index (χ2n) is 11.3. The molecule has 9 nitrogen and oxygen atoms in total. The number of rotatable bonds is 7. The van der Waals surface area contributed by atoms with Gasteiger partial charge in [-0.1, -0.05) is 29.6 Å². The van der Waals surface area contributed by atoms with Crippen LogP contribution in [0.1, 0.15) is 79.6 Å². The fourth-order valence-electron chi connectivity index (χ4n) is 6.40. The minimum absolute atomic E-state index is 0.0563. The molecule has 10 heteroatoms. The maximum absolute atomic E-state index is 14.2. The molecule has 0 spiro atoms. The molecule has 39 heavy (non-hydrogen) atoms. The average Bonchev–Trinajstić information content (AvgIpc) is 3.47. The molecule has 1 saturated heterocycles. The van der Waals surface area contributed by atoms with Gasteiger partial charge in [-0.2, -0.15) is 0 Å². The van der Waals surface area contributed by atoms with Gasteiger partial charge in [0.25, 0.3) is 0 Å². The molecule has 210 valence electrons. The van der Waals surface area contributed by atoms with Gasteiger partial charge < -0.3 is 24.2 Å². The fourth-order valence-corrected chi connectivity index (χ4v) is 6.65. The van der Waals surface area contributed by atoms with Gasteiger partial charge in [0.2, 0.25) is 11.8 Å². The molecule has 3 atom stereocenters. The summed E-state index contributed by atoms with van der Waals surface area (Å²) in [4.78, 5) is 42.9. The Kier molecular flexibility index (Phi) is 7.64. The SMILES string of the molecule is Cc1onc(COc2ccc(Cl)c3c2[C@@H](CN2CCCC2=O)N(C(=O)C2CCCCC2(C)C(=O)O)CC3)c1C. The molecular weight excluding hydrogens is 522 g/mol. The van der Waals surface area contributed by atoms with Crippen LogP contribution in [0.25, 0.3) is 0 Å². The quantitative estimate of drug-likeness (QED) is 0.517. The lowest BCUT2D eigenvalue weighted by Crippen LogP contribution is -2.52. The molecule has 2 aliphatic heterocycles. The number of nitrogens with zero attached hydrogens (tertiary/aromatic N) is 3. The van der Waals surface area contributed by atoms with Crippen LogP contribution in [0.4, 0.5) is 0 Å². The Hall–Kier alpha value is -3.07. The number of carboxylic acid groups (broad SMARTS) is 1. The Morgan fingerprint density at radius 2 is 2.00 bits per heavy atom. The Bertz CT molecular complexity index is 1290. The number of carbonyl (C=O) groups excluding carboxylic acids is 2. The standard InChI is InChI=1S/C29H36ClN3O6/c1-17-18(2)39-31-22(17)16-38-24-10-9-21(30)19-11-14-33(23(26(19)24)15-32-13-6-8-25(32)34)27(35)20-7-4-5-12-29(20,3)28(36)37/h9-10,20,23H,4-8,11-16H2,1-3H3,(H,36,37)/t20?,23-,29?/m1/s1. The zero-order chi connectivity index (χ0) is 27.9. The van der Waals surface area contributed by atoms with Crippen molar-refractivity contribution in [2.45, 2.75) is 78.4 Å². The van der Waals surface area contributed by atoms with Crippen LogP contribution < -0.4 is 4.74 Å². The van der Waals surface area contributed by atoms with Crippen molar-refractivity contribution in [3.8, 4) is 5.75 Å². The maximum Gasteiger partial charge on any atom is 0.310 e. The van der Waals surface area contributed by atoms with E-state index in [2.05, 4.69) is 5.16 Å². The highest BCUT2D eigenvalue weighted by Gasteiger charge is 2.50. The number of carboxylic acids is 1. The van der Waals surface area contributed by atoms with Gasteiger partial charge >= 0.3 is 5.97 Å². The number of benzene rings is 1. The zero-order valence-corrected chi connectivity index (χ0v) is 23.6. The minimum Gasteiger partial charge on any atom is -0.487 e. The molecule has 1 N–H and O–H groups in total. The number of ether oxygens (including phenoxy) is 1. The number of aryl methyl sites for hydroxylation is 1. The van der Waals surface area contributed by atoms with E-state index in [-0.39, 0.29) is 18.4 Å². The van der Waals surface area contributed by atoms with E-state index in [4.69, 9.17) is 20.9 Å². The summed E-state index contributed by atoms with van der Waals surface area (Å²) in [6.45, 7) is 6.98. The highest BCUT2D eigenvalue weighted by molar-refractivity contribution is 6.31. The van der Waals surface area contributed by atoms with E-state index in [9.17, 15) is 19.5 Å². The van der Waals surface area contributed by atoms with Gasteiger partial charge in [-0.3, -0.25) is 14.4 Å². The van der Waals surface area contributed by atoms with Crippen molar-refractivity contribution in [1.82, 2.24) is 15.0 Å². The van der Waals surface area contributed by atoms with E-state index in [1.807, 2.05) is 13.8 Å². The highest BCUT2D eigenvalue weighted by Crippen LogP contribution is 2.46. The van der Waals surface area contributed by atoms with Crippen molar-refractivity contribution in [1.29, 1.82) is 0 Å². The third-order valence-corrected chi connectivity index (χ3v) is 9.39. The van der Waals surface area contributed by atoms with E-state index in [1.54, 1.807) is 28.9 Å². The first kappa shape index (κ1) is 27.5. The molecule has 5 rings (SSSR count). The summed E-state index contributed by atoms with van der Waals surface area (Å²) in [6, 6.07) is 3.10. The number of fused-ring (bicyclic) bond motifs is 1. The van der Waals surface area contributed by atoms with Gasteiger partial charge in [-0.05, 0) is 64.2 Å². The van der Waals surface area contributed by atoms with Crippen LogP contribution in [-0.4, -0.2) is 57.5 Å². The number of amides is 2. The Morgan fingerprint density at radius 1 is 1.21 bits per heavy atom. The number of likely N-dealkylation sites (tertiary alicyclic amines) is 1. The second-order valence-corrected chi connectivity index (χ2v) is 11.7. The molecule has 0 radical (unpaired) electrons. The lowest BCUT2D eigenvalue weighted by molar-refractivity contribution is -0.162. The summed E-state index contributed by atoms with van der Waals surface area (Å²) in [5.74, 6) is -0.381. The van der Waals surface area contributed by atoms with Crippen molar-refractivity contribution in [2.24, 2.45) is 11.3 Å². The molecule has 2 unspecified atom stereocenters. The van der Waals surface area contributed by atoms with Crippen molar-refractivity contribution in [3.05, 3.63) is 45.3 Å². The first-order chi connectivity index (χ1) is 18.6. The van der Waals surface area contributed by atoms with Crippen LogP contribution in [0, 0.1) is 25.2 Å². The molecule has 2 amide bonds. The largest absolute Gasteiger partial charge is 0.487 e. The van der Waals surface area contributed by atoms with Crippen LogP contribution in [-0.2, 0) is 27.4 Å². The van der Waals surface area contributed by atoms with Crippen LogP contribution in [0.15, 0.2) is 16.7 Å². The highest BCUT2D eigenvalue weighted by atomic mass is 35.5. The van der Waals surface area contributed by atoms with Crippen molar-refractivity contribution in [2.75, 3.05) is 19.6 Å². The monoisotopic (exact) mass is 557 g/mol. The zero-order valence-electron chi connectivity index (χ0n) is 22.8. The number of halogens is 1. The summed E-state index contributed by atoms with van der Waals surface area (Å²) in [5, 5.41) is 14.8. The smallest absolute Gasteiger partial charge is 0.310 e. The predicted molar refractivity (Wildman–Crippen MR) is 143 cm³/mol. The molecule has 2 fully saturated rings. The molecule has 1 aliphatic carbocycles. The van der Waals surface area contributed by atoms with Crippen LogP contribution in [0.2, 0.25) is 5.02 Å². The molecule has 2 aromatic rings. The van der Waals surface area contributed by atoms with Gasteiger partial charge in [-0.25, -0.2) is 0 Å². The van der Waals surface area contributed by atoms with E-state index in [0.717, 1.165) is 41.7 Å². The van der Waals surface area contributed by atoms with Crippen molar-refractivity contribution >= 4 is 29.4 Å².